The van der Waals surface area contributed by atoms with Crippen LogP contribution in [0.4, 0.5) is 0 Å². The van der Waals surface area contributed by atoms with Crippen molar-refractivity contribution < 1.29 is 9.36 Å². The van der Waals surface area contributed by atoms with Crippen molar-refractivity contribution in [2.45, 2.75) is 6.54 Å². The fourth-order valence-electron chi connectivity index (χ4n) is 0.848. The van der Waals surface area contributed by atoms with Crippen LogP contribution in [0.5, 0.6) is 0 Å². The molecule has 0 aromatic carbocycles. The van der Waals surface area contributed by atoms with E-state index in [1.165, 1.54) is 0 Å². The van der Waals surface area contributed by atoms with Crippen molar-refractivity contribution in [3.63, 3.8) is 0 Å². The second-order valence-corrected chi connectivity index (χ2v) is 2.29. The molecule has 0 spiro atoms. The summed E-state index contributed by atoms with van der Waals surface area (Å²) < 4.78 is 1.60. The van der Waals surface area contributed by atoms with Gasteiger partial charge in [0.15, 0.2) is 12.4 Å². The fraction of sp³-hybridized carbons (Fsp3) is 0.125. The van der Waals surface area contributed by atoms with Crippen LogP contribution in [0.3, 0.4) is 0 Å². The molecular weight excluding hydrogens is 190 g/mol. The SMILES string of the molecule is Cl.N#CC[n+]1cccc(C(N)=O)c1. The number of hydrogen-bond donors (Lipinski definition) is 1. The van der Waals surface area contributed by atoms with Gasteiger partial charge in [-0.15, -0.1) is 12.4 Å². The van der Waals surface area contributed by atoms with Crippen molar-refractivity contribution in [3.05, 3.63) is 30.1 Å². The number of halogens is 1. The molecule has 0 saturated heterocycles. The molecule has 5 heteroatoms. The highest BCUT2D eigenvalue weighted by Crippen LogP contribution is 1.91. The van der Waals surface area contributed by atoms with Crippen LogP contribution < -0.4 is 10.3 Å². The molecule has 0 radical (unpaired) electrons. The summed E-state index contributed by atoms with van der Waals surface area (Å²) >= 11 is 0. The quantitative estimate of drug-likeness (QED) is 0.681. The first kappa shape index (κ1) is 11.4. The third-order valence-electron chi connectivity index (χ3n) is 1.40. The van der Waals surface area contributed by atoms with Gasteiger partial charge in [0.25, 0.3) is 5.91 Å². The molecule has 2 N–H and O–H groups in total. The summed E-state index contributed by atoms with van der Waals surface area (Å²) in [5.41, 5.74) is 5.45. The second-order valence-electron chi connectivity index (χ2n) is 2.29. The molecular formula is C8H9ClN3O+. The molecule has 1 aromatic rings. The van der Waals surface area contributed by atoms with Crippen LogP contribution in [0.2, 0.25) is 0 Å². The lowest BCUT2D eigenvalue weighted by atomic mass is 10.3. The maximum Gasteiger partial charge on any atom is 0.254 e. The Morgan fingerprint density at radius 2 is 2.38 bits per heavy atom. The average molecular weight is 199 g/mol. The maximum atomic E-state index is 10.7. The van der Waals surface area contributed by atoms with E-state index in [2.05, 4.69) is 0 Å². The molecule has 1 amide bonds. The van der Waals surface area contributed by atoms with Crippen LogP contribution in [-0.2, 0) is 6.54 Å². The van der Waals surface area contributed by atoms with Crippen molar-refractivity contribution in [1.29, 1.82) is 5.26 Å². The van der Waals surface area contributed by atoms with Crippen LogP contribution in [0.15, 0.2) is 24.5 Å². The molecule has 1 rings (SSSR count). The van der Waals surface area contributed by atoms with Crippen molar-refractivity contribution in [3.8, 4) is 6.07 Å². The fourth-order valence-corrected chi connectivity index (χ4v) is 0.848. The zero-order valence-corrected chi connectivity index (χ0v) is 7.62. The van der Waals surface area contributed by atoms with Gasteiger partial charge in [-0.2, -0.15) is 9.83 Å². The van der Waals surface area contributed by atoms with E-state index in [1.54, 1.807) is 29.1 Å². The van der Waals surface area contributed by atoms with Gasteiger partial charge in [-0.25, -0.2) is 0 Å². The second kappa shape index (κ2) is 5.12. The van der Waals surface area contributed by atoms with E-state index in [1.807, 2.05) is 6.07 Å². The number of pyridine rings is 1. The molecule has 0 atom stereocenters. The standard InChI is InChI=1S/C8H7N3O.ClH/c9-3-5-11-4-1-2-7(6-11)8(10)12;/h1-2,4,6H,5H2,(H-,10,12);1H/p+1. The molecule has 4 nitrogen and oxygen atoms in total. The third-order valence-corrected chi connectivity index (χ3v) is 1.40. The largest absolute Gasteiger partial charge is 0.365 e. The molecule has 68 valence electrons. The Balaban J connectivity index is 0.00000144. The summed E-state index contributed by atoms with van der Waals surface area (Å²) in [6.07, 6.45) is 3.25. The zero-order chi connectivity index (χ0) is 8.97. The topological polar surface area (TPSA) is 70.8 Å². The number of amides is 1. The van der Waals surface area contributed by atoms with Crippen LogP contribution in [0.25, 0.3) is 0 Å². The summed E-state index contributed by atoms with van der Waals surface area (Å²) in [6.45, 7) is 0.223. The number of primary amides is 1. The smallest absolute Gasteiger partial charge is 0.254 e. The van der Waals surface area contributed by atoms with E-state index in [0.717, 1.165) is 0 Å². The highest BCUT2D eigenvalue weighted by molar-refractivity contribution is 5.92. The molecule has 1 heterocycles. The van der Waals surface area contributed by atoms with Gasteiger partial charge in [-0.1, -0.05) is 0 Å². The van der Waals surface area contributed by atoms with Gasteiger partial charge < -0.3 is 5.73 Å². The number of nitriles is 1. The predicted molar refractivity (Wildman–Crippen MR) is 48.0 cm³/mol. The van der Waals surface area contributed by atoms with Crippen molar-refractivity contribution in [2.75, 3.05) is 0 Å². The molecule has 0 fully saturated rings. The van der Waals surface area contributed by atoms with Crippen LogP contribution >= 0.6 is 12.4 Å². The van der Waals surface area contributed by atoms with Gasteiger partial charge in [-0.05, 0) is 6.07 Å². The van der Waals surface area contributed by atoms with E-state index in [9.17, 15) is 4.79 Å². The number of aromatic nitrogens is 1. The molecule has 0 saturated carbocycles. The molecule has 1 aromatic heterocycles. The Labute approximate surface area is 82.0 Å². The van der Waals surface area contributed by atoms with Gasteiger partial charge in [0.05, 0.1) is 0 Å². The average Bonchev–Trinajstić information content (AvgIpc) is 2.05. The Bertz CT molecular complexity index is 345. The molecule has 0 bridgehead atoms. The van der Waals surface area contributed by atoms with Gasteiger partial charge in [0, 0.05) is 6.07 Å². The lowest BCUT2D eigenvalue weighted by Gasteiger charge is -1.92. The van der Waals surface area contributed by atoms with Gasteiger partial charge in [0.1, 0.15) is 11.6 Å². The summed E-state index contributed by atoms with van der Waals surface area (Å²) in [7, 11) is 0. The van der Waals surface area contributed by atoms with Crippen molar-refractivity contribution in [2.24, 2.45) is 5.73 Å². The summed E-state index contributed by atoms with van der Waals surface area (Å²) in [5, 5.41) is 8.36. The minimum Gasteiger partial charge on any atom is -0.365 e. The summed E-state index contributed by atoms with van der Waals surface area (Å²) in [6, 6.07) is 5.25. The summed E-state index contributed by atoms with van der Waals surface area (Å²) in [5.74, 6) is -0.484. The number of hydrogen-bond acceptors (Lipinski definition) is 2. The Morgan fingerprint density at radius 3 is 2.92 bits per heavy atom. The van der Waals surface area contributed by atoms with Gasteiger partial charge in [0.2, 0.25) is 6.54 Å². The zero-order valence-electron chi connectivity index (χ0n) is 6.80. The number of rotatable bonds is 2. The molecule has 0 aliphatic rings. The van der Waals surface area contributed by atoms with Crippen LogP contribution in [-0.4, -0.2) is 5.91 Å². The number of nitrogens with two attached hydrogens (primary N) is 1. The first-order chi connectivity index (χ1) is 5.74. The van der Waals surface area contributed by atoms with E-state index >= 15 is 0 Å². The lowest BCUT2D eigenvalue weighted by Crippen LogP contribution is -2.33. The summed E-state index contributed by atoms with van der Waals surface area (Å²) in [4.78, 5) is 10.7. The molecule has 13 heavy (non-hydrogen) atoms. The van der Waals surface area contributed by atoms with Crippen LogP contribution in [0, 0.1) is 11.3 Å². The highest BCUT2D eigenvalue weighted by atomic mass is 35.5. The van der Waals surface area contributed by atoms with E-state index in [4.69, 9.17) is 11.0 Å². The molecule has 0 aliphatic carbocycles. The first-order valence-corrected chi connectivity index (χ1v) is 3.40. The Morgan fingerprint density at radius 1 is 1.69 bits per heavy atom. The van der Waals surface area contributed by atoms with Gasteiger partial charge >= 0.3 is 0 Å². The first-order valence-electron chi connectivity index (χ1n) is 3.40. The third kappa shape index (κ3) is 3.09. The highest BCUT2D eigenvalue weighted by Gasteiger charge is 2.05. The van der Waals surface area contributed by atoms with E-state index < -0.39 is 5.91 Å². The lowest BCUT2D eigenvalue weighted by molar-refractivity contribution is -0.685. The predicted octanol–water partition coefficient (Wildman–Crippen LogP) is 0.0184. The Kier molecular flexibility index (Phi) is 4.49. The number of carbonyl (C=O) groups is 1. The minimum absolute atomic E-state index is 0. The number of carbonyl (C=O) groups excluding carboxylic acids is 1. The van der Waals surface area contributed by atoms with E-state index in [-0.39, 0.29) is 19.0 Å². The van der Waals surface area contributed by atoms with E-state index in [0.29, 0.717) is 5.56 Å². The van der Waals surface area contributed by atoms with Gasteiger partial charge in [-0.3, -0.25) is 4.79 Å². The monoisotopic (exact) mass is 198 g/mol. The molecule has 0 unspecified atom stereocenters. The number of nitrogens with zero attached hydrogens (tertiary/aromatic N) is 2. The van der Waals surface area contributed by atoms with Crippen molar-refractivity contribution >= 4 is 18.3 Å². The Hall–Kier alpha value is -1.60. The molecule has 0 aliphatic heterocycles. The maximum absolute atomic E-state index is 10.7. The van der Waals surface area contributed by atoms with Crippen molar-refractivity contribution in [1.82, 2.24) is 0 Å². The van der Waals surface area contributed by atoms with Crippen LogP contribution in [0.1, 0.15) is 10.4 Å². The minimum atomic E-state index is -0.484. The normalized spacial score (nSPS) is 8.23.